The molecule has 130 valence electrons. The Morgan fingerprint density at radius 3 is 2.27 bits per heavy atom. The number of nitrogens with two attached hydrogens (primary N) is 1. The van der Waals surface area contributed by atoms with Crippen LogP contribution < -0.4 is 11.1 Å². The number of rotatable bonds is 7. The number of aliphatic hydroxyl groups excluding tert-OH is 1. The zero-order valence-corrected chi connectivity index (χ0v) is 14.8. The van der Waals surface area contributed by atoms with Gasteiger partial charge in [-0.2, -0.15) is 0 Å². The van der Waals surface area contributed by atoms with E-state index in [2.05, 4.69) is 33.0 Å². The molecular weight excluding hydrogens is 280 g/mol. The summed E-state index contributed by atoms with van der Waals surface area (Å²) in [6, 6.07) is -0.536. The third kappa shape index (κ3) is 4.00. The van der Waals surface area contributed by atoms with Gasteiger partial charge in [-0.1, -0.05) is 27.7 Å². The highest BCUT2D eigenvalue weighted by Gasteiger charge is 2.51. The molecule has 0 aromatic heterocycles. The Kier molecular flexibility index (Phi) is 7.29. The summed E-state index contributed by atoms with van der Waals surface area (Å²) in [6.07, 6.45) is 3.20. The molecule has 1 fully saturated rings. The minimum absolute atomic E-state index is 0.0765. The van der Waals surface area contributed by atoms with Crippen LogP contribution in [-0.4, -0.2) is 41.4 Å². The van der Waals surface area contributed by atoms with E-state index in [0.717, 1.165) is 25.7 Å². The average Bonchev–Trinajstić information content (AvgIpc) is 2.50. The van der Waals surface area contributed by atoms with E-state index < -0.39 is 12.2 Å². The Hall–Kier alpha value is -0.650. The molecule has 1 saturated carbocycles. The van der Waals surface area contributed by atoms with Crippen molar-refractivity contribution >= 4 is 5.91 Å². The lowest BCUT2D eigenvalue weighted by atomic mass is 9.64. The fraction of sp³-hybridized carbons (Fsp3) is 0.941. The first-order valence-electron chi connectivity index (χ1n) is 8.71. The van der Waals surface area contributed by atoms with E-state index in [-0.39, 0.29) is 29.5 Å². The van der Waals surface area contributed by atoms with Gasteiger partial charge < -0.3 is 20.9 Å². The van der Waals surface area contributed by atoms with Gasteiger partial charge in [-0.05, 0) is 37.5 Å². The summed E-state index contributed by atoms with van der Waals surface area (Å²) in [5, 5.41) is 13.9. The lowest BCUT2D eigenvalue weighted by molar-refractivity contribution is -0.167. The maximum atomic E-state index is 11.5. The number of hydrogen-bond acceptors (Lipinski definition) is 4. The summed E-state index contributed by atoms with van der Waals surface area (Å²) >= 11 is 0. The molecule has 0 aromatic rings. The molecule has 5 nitrogen and oxygen atoms in total. The second-order valence-corrected chi connectivity index (χ2v) is 6.65. The number of amides is 1. The van der Waals surface area contributed by atoms with E-state index in [1.54, 1.807) is 0 Å². The first-order chi connectivity index (χ1) is 10.3. The van der Waals surface area contributed by atoms with Gasteiger partial charge in [-0.3, -0.25) is 4.79 Å². The Balaban J connectivity index is 3.09. The van der Waals surface area contributed by atoms with Gasteiger partial charge in [0.15, 0.2) is 0 Å². The molecule has 22 heavy (non-hydrogen) atoms. The van der Waals surface area contributed by atoms with Crippen LogP contribution >= 0.6 is 0 Å². The van der Waals surface area contributed by atoms with Gasteiger partial charge in [0.2, 0.25) is 5.91 Å². The maximum absolute atomic E-state index is 11.5. The van der Waals surface area contributed by atoms with Gasteiger partial charge >= 0.3 is 0 Å². The van der Waals surface area contributed by atoms with Crippen LogP contribution in [0.5, 0.6) is 0 Å². The van der Waals surface area contributed by atoms with Gasteiger partial charge in [-0.15, -0.1) is 0 Å². The van der Waals surface area contributed by atoms with Crippen molar-refractivity contribution in [3.63, 3.8) is 0 Å². The Morgan fingerprint density at radius 1 is 1.32 bits per heavy atom. The second kappa shape index (κ2) is 8.27. The molecule has 0 aliphatic heterocycles. The molecule has 4 N–H and O–H groups in total. The van der Waals surface area contributed by atoms with Crippen LogP contribution in [0.4, 0.5) is 0 Å². The quantitative estimate of drug-likeness (QED) is 0.670. The van der Waals surface area contributed by atoms with Crippen LogP contribution in [0.2, 0.25) is 0 Å². The van der Waals surface area contributed by atoms with Gasteiger partial charge in [0, 0.05) is 13.0 Å². The van der Waals surface area contributed by atoms with Crippen LogP contribution in [0.1, 0.15) is 66.7 Å². The van der Waals surface area contributed by atoms with Crippen molar-refractivity contribution in [3.8, 4) is 0 Å². The number of carbonyl (C=O) groups is 1. The molecule has 0 radical (unpaired) electrons. The summed E-state index contributed by atoms with van der Waals surface area (Å²) in [5.41, 5.74) is 6.13. The molecule has 1 rings (SSSR count). The van der Waals surface area contributed by atoms with Crippen molar-refractivity contribution < 1.29 is 14.6 Å². The highest BCUT2D eigenvalue weighted by Crippen LogP contribution is 2.43. The summed E-state index contributed by atoms with van der Waals surface area (Å²) in [5.74, 6) is -0.133. The number of ether oxygens (including phenoxy) is 1. The number of hydrogen-bond donors (Lipinski definition) is 3. The predicted molar refractivity (Wildman–Crippen MR) is 88.5 cm³/mol. The third-order valence-corrected chi connectivity index (χ3v) is 5.43. The third-order valence-electron chi connectivity index (χ3n) is 5.43. The standard InChI is InChI=1S/C17H34N2O3/c1-6-12(7-2)22-15-14(19-11(5)20)13(18)10-17(8-3,9-4)16(15)21/h12-16,21H,6-10,18H2,1-5H3,(H,19,20)/t13-,14+,15-,16+/m0/s1. The highest BCUT2D eigenvalue weighted by atomic mass is 16.5. The summed E-state index contributed by atoms with van der Waals surface area (Å²) < 4.78 is 6.20. The van der Waals surface area contributed by atoms with E-state index in [9.17, 15) is 9.90 Å². The van der Waals surface area contributed by atoms with E-state index >= 15 is 0 Å². The molecule has 0 aromatic carbocycles. The smallest absolute Gasteiger partial charge is 0.217 e. The number of carbonyl (C=O) groups excluding carboxylic acids is 1. The molecular formula is C17H34N2O3. The fourth-order valence-electron chi connectivity index (χ4n) is 3.75. The van der Waals surface area contributed by atoms with Crippen molar-refractivity contribution in [2.75, 3.05) is 0 Å². The van der Waals surface area contributed by atoms with Crippen LogP contribution in [0.3, 0.4) is 0 Å². The Morgan fingerprint density at radius 2 is 1.86 bits per heavy atom. The van der Waals surface area contributed by atoms with Crippen LogP contribution in [-0.2, 0) is 9.53 Å². The molecule has 1 aliphatic carbocycles. The Labute approximate surface area is 135 Å². The van der Waals surface area contributed by atoms with E-state index in [4.69, 9.17) is 10.5 Å². The van der Waals surface area contributed by atoms with E-state index in [1.807, 2.05) is 0 Å². The average molecular weight is 314 g/mol. The van der Waals surface area contributed by atoms with E-state index in [0.29, 0.717) is 6.42 Å². The SMILES string of the molecule is CCC(CC)O[C@H]1[C@H](NC(C)=O)[C@@H](N)CC(CC)(CC)[C@@H]1O. The van der Waals surface area contributed by atoms with Crippen molar-refractivity contribution in [3.05, 3.63) is 0 Å². The van der Waals surface area contributed by atoms with Gasteiger partial charge in [-0.25, -0.2) is 0 Å². The first kappa shape index (κ1) is 19.4. The van der Waals surface area contributed by atoms with Crippen molar-refractivity contribution in [1.29, 1.82) is 0 Å². The second-order valence-electron chi connectivity index (χ2n) is 6.65. The minimum atomic E-state index is -0.611. The zero-order valence-electron chi connectivity index (χ0n) is 14.8. The molecule has 4 atom stereocenters. The van der Waals surface area contributed by atoms with Gasteiger partial charge in [0.1, 0.15) is 6.10 Å². The first-order valence-corrected chi connectivity index (χ1v) is 8.71. The predicted octanol–water partition coefficient (Wildman–Crippen LogP) is 1.96. The summed E-state index contributed by atoms with van der Waals surface area (Å²) in [4.78, 5) is 11.5. The summed E-state index contributed by atoms with van der Waals surface area (Å²) in [6.45, 7) is 9.81. The van der Waals surface area contributed by atoms with Crippen molar-refractivity contribution in [2.24, 2.45) is 11.1 Å². The number of aliphatic hydroxyl groups is 1. The minimum Gasteiger partial charge on any atom is -0.390 e. The molecule has 1 aliphatic rings. The van der Waals surface area contributed by atoms with Crippen LogP contribution in [0.25, 0.3) is 0 Å². The van der Waals surface area contributed by atoms with Gasteiger partial charge in [0.05, 0.1) is 18.2 Å². The fourth-order valence-corrected chi connectivity index (χ4v) is 3.75. The molecule has 0 unspecified atom stereocenters. The van der Waals surface area contributed by atoms with Crippen molar-refractivity contribution in [2.45, 2.75) is 97.1 Å². The Bertz CT molecular complexity index is 354. The molecule has 0 spiro atoms. The lowest BCUT2D eigenvalue weighted by Crippen LogP contribution is -2.67. The molecule has 0 saturated heterocycles. The molecule has 0 heterocycles. The molecule has 5 heteroatoms. The van der Waals surface area contributed by atoms with Crippen LogP contribution in [0, 0.1) is 5.41 Å². The largest absolute Gasteiger partial charge is 0.390 e. The molecule has 1 amide bonds. The van der Waals surface area contributed by atoms with Gasteiger partial charge in [0.25, 0.3) is 0 Å². The lowest BCUT2D eigenvalue weighted by Gasteiger charge is -2.51. The number of nitrogens with one attached hydrogen (secondary N) is 1. The highest BCUT2D eigenvalue weighted by molar-refractivity contribution is 5.73. The molecule has 0 bridgehead atoms. The summed E-state index contributed by atoms with van der Waals surface area (Å²) in [7, 11) is 0. The monoisotopic (exact) mass is 314 g/mol. The maximum Gasteiger partial charge on any atom is 0.217 e. The van der Waals surface area contributed by atoms with Crippen LogP contribution in [0.15, 0.2) is 0 Å². The topological polar surface area (TPSA) is 84.6 Å². The van der Waals surface area contributed by atoms with Crippen molar-refractivity contribution in [1.82, 2.24) is 5.32 Å². The van der Waals surface area contributed by atoms with E-state index in [1.165, 1.54) is 6.92 Å². The zero-order chi connectivity index (χ0) is 16.9. The normalized spacial score (nSPS) is 31.3.